The minimum Gasteiger partial charge on any atom is -0.392 e. The fourth-order valence-electron chi connectivity index (χ4n) is 2.92. The molecule has 0 radical (unpaired) electrons. The quantitative estimate of drug-likeness (QED) is 0.820. The molecule has 0 saturated carbocycles. The van der Waals surface area contributed by atoms with Crippen LogP contribution in [0.3, 0.4) is 0 Å². The van der Waals surface area contributed by atoms with Crippen LogP contribution in [0.15, 0.2) is 71.2 Å². The smallest absolute Gasteiger partial charge is 0.104 e. The molecule has 2 aromatic carbocycles. The van der Waals surface area contributed by atoms with Gasteiger partial charge in [0.25, 0.3) is 0 Å². The summed E-state index contributed by atoms with van der Waals surface area (Å²) in [4.78, 5) is 4.74. The standard InChI is InChI=1S/C22H18ClNO2/c23-18-8-9-20-19(16(11-14-26)7-4-13-25)10-12-24-22(21(20)15-18)17-5-2-1-3-6-17/h1-3,5-6,8-11,15,25-26H,12-14H2/b16-11-. The van der Waals surface area contributed by atoms with Crippen molar-refractivity contribution in [3.05, 3.63) is 88.0 Å². The van der Waals surface area contributed by atoms with Gasteiger partial charge in [0.2, 0.25) is 0 Å². The largest absolute Gasteiger partial charge is 0.392 e. The van der Waals surface area contributed by atoms with Crippen molar-refractivity contribution in [1.29, 1.82) is 0 Å². The zero-order chi connectivity index (χ0) is 18.4. The lowest BCUT2D eigenvalue weighted by Crippen LogP contribution is -2.06. The predicted molar refractivity (Wildman–Crippen MR) is 106 cm³/mol. The van der Waals surface area contributed by atoms with Crippen molar-refractivity contribution in [2.75, 3.05) is 19.8 Å². The second-order valence-electron chi connectivity index (χ2n) is 5.62. The summed E-state index contributed by atoms with van der Waals surface area (Å²) < 4.78 is 0. The molecule has 4 heteroatoms. The summed E-state index contributed by atoms with van der Waals surface area (Å²) in [7, 11) is 0. The van der Waals surface area contributed by atoms with Crippen molar-refractivity contribution in [3.63, 3.8) is 0 Å². The van der Waals surface area contributed by atoms with Gasteiger partial charge in [-0.1, -0.05) is 65.9 Å². The third-order valence-corrected chi connectivity index (χ3v) is 4.24. The van der Waals surface area contributed by atoms with Gasteiger partial charge in [0.15, 0.2) is 0 Å². The van der Waals surface area contributed by atoms with Crippen LogP contribution in [0.2, 0.25) is 5.02 Å². The molecule has 0 amide bonds. The third kappa shape index (κ3) is 3.95. The van der Waals surface area contributed by atoms with E-state index in [-0.39, 0.29) is 13.2 Å². The van der Waals surface area contributed by atoms with Crippen molar-refractivity contribution < 1.29 is 10.2 Å². The van der Waals surface area contributed by atoms with E-state index >= 15 is 0 Å². The summed E-state index contributed by atoms with van der Waals surface area (Å²) in [6.45, 7) is 0.104. The minimum absolute atomic E-state index is 0.137. The zero-order valence-electron chi connectivity index (χ0n) is 14.1. The molecule has 3 nitrogen and oxygen atoms in total. The Labute approximate surface area is 158 Å². The van der Waals surface area contributed by atoms with Crippen molar-refractivity contribution in [3.8, 4) is 11.8 Å². The number of aliphatic hydroxyl groups is 2. The third-order valence-electron chi connectivity index (χ3n) is 4.01. The Morgan fingerprint density at radius 2 is 1.92 bits per heavy atom. The number of allylic oxidation sites excluding steroid dienone is 2. The first-order valence-electron chi connectivity index (χ1n) is 8.26. The van der Waals surface area contributed by atoms with Crippen LogP contribution < -0.4 is 0 Å². The molecule has 130 valence electrons. The highest BCUT2D eigenvalue weighted by Crippen LogP contribution is 2.31. The molecule has 0 aromatic heterocycles. The maximum absolute atomic E-state index is 9.38. The predicted octanol–water partition coefficient (Wildman–Crippen LogP) is 3.49. The molecular weight excluding hydrogens is 346 g/mol. The summed E-state index contributed by atoms with van der Waals surface area (Å²) in [5, 5.41) is 19.0. The van der Waals surface area contributed by atoms with Gasteiger partial charge in [-0.05, 0) is 29.3 Å². The second kappa shape index (κ2) is 8.64. The lowest BCUT2D eigenvalue weighted by atomic mass is 9.90. The number of aliphatic hydroxyl groups excluding tert-OH is 2. The van der Waals surface area contributed by atoms with E-state index in [1.165, 1.54) is 0 Å². The topological polar surface area (TPSA) is 52.8 Å². The highest BCUT2D eigenvalue weighted by molar-refractivity contribution is 6.31. The van der Waals surface area contributed by atoms with E-state index in [2.05, 4.69) is 11.8 Å². The van der Waals surface area contributed by atoms with Crippen molar-refractivity contribution in [2.45, 2.75) is 0 Å². The fraction of sp³-hybridized carbons (Fsp3) is 0.136. The Morgan fingerprint density at radius 3 is 2.65 bits per heavy atom. The molecule has 3 rings (SSSR count). The average Bonchev–Trinajstić information content (AvgIpc) is 2.85. The van der Waals surface area contributed by atoms with Crippen molar-refractivity contribution in [2.24, 2.45) is 4.99 Å². The van der Waals surface area contributed by atoms with Gasteiger partial charge in [-0.2, -0.15) is 0 Å². The van der Waals surface area contributed by atoms with Crippen LogP contribution in [-0.2, 0) is 0 Å². The van der Waals surface area contributed by atoms with E-state index < -0.39 is 0 Å². The van der Waals surface area contributed by atoms with Crippen LogP contribution in [-0.4, -0.2) is 35.7 Å². The highest BCUT2D eigenvalue weighted by atomic mass is 35.5. The van der Waals surface area contributed by atoms with Crippen LogP contribution in [0.5, 0.6) is 0 Å². The first kappa shape index (κ1) is 18.2. The van der Waals surface area contributed by atoms with Gasteiger partial charge in [-0.3, -0.25) is 4.99 Å². The number of aliphatic imine (C=N–C) groups is 1. The molecule has 0 bridgehead atoms. The lowest BCUT2D eigenvalue weighted by Gasteiger charge is -2.14. The molecule has 0 spiro atoms. The molecule has 1 aliphatic heterocycles. The number of nitrogens with zero attached hydrogens (tertiary/aromatic N) is 1. The number of hydrogen-bond donors (Lipinski definition) is 2. The van der Waals surface area contributed by atoms with E-state index in [9.17, 15) is 5.11 Å². The number of fused-ring (bicyclic) bond motifs is 1. The van der Waals surface area contributed by atoms with Gasteiger partial charge in [-0.15, -0.1) is 0 Å². The van der Waals surface area contributed by atoms with E-state index in [4.69, 9.17) is 21.7 Å². The maximum atomic E-state index is 9.38. The second-order valence-corrected chi connectivity index (χ2v) is 6.06. The van der Waals surface area contributed by atoms with E-state index in [1.54, 1.807) is 6.08 Å². The molecule has 0 atom stereocenters. The van der Waals surface area contributed by atoms with Gasteiger partial charge in [-0.25, -0.2) is 0 Å². The van der Waals surface area contributed by atoms with Gasteiger partial charge < -0.3 is 10.2 Å². The molecule has 1 heterocycles. The van der Waals surface area contributed by atoms with Gasteiger partial charge in [0.1, 0.15) is 6.61 Å². The van der Waals surface area contributed by atoms with Gasteiger partial charge >= 0.3 is 0 Å². The maximum Gasteiger partial charge on any atom is 0.104 e. The molecule has 0 saturated heterocycles. The summed E-state index contributed by atoms with van der Waals surface area (Å²) in [6.07, 6.45) is 3.62. The summed E-state index contributed by atoms with van der Waals surface area (Å²) >= 11 is 6.26. The van der Waals surface area contributed by atoms with Crippen LogP contribution in [0.25, 0.3) is 5.57 Å². The molecule has 0 unspecified atom stereocenters. The number of rotatable bonds is 3. The van der Waals surface area contributed by atoms with Crippen LogP contribution in [0, 0.1) is 11.8 Å². The first-order chi connectivity index (χ1) is 12.7. The van der Waals surface area contributed by atoms with Crippen molar-refractivity contribution in [1.82, 2.24) is 0 Å². The Kier molecular flexibility index (Phi) is 6.04. The normalized spacial score (nSPS) is 13.7. The lowest BCUT2D eigenvalue weighted by molar-refractivity contribution is 0.342. The molecule has 2 aromatic rings. The van der Waals surface area contributed by atoms with Crippen LogP contribution >= 0.6 is 11.6 Å². The number of hydrogen-bond acceptors (Lipinski definition) is 3. The monoisotopic (exact) mass is 363 g/mol. The van der Waals surface area contributed by atoms with Crippen LogP contribution in [0.1, 0.15) is 16.7 Å². The molecule has 26 heavy (non-hydrogen) atoms. The van der Waals surface area contributed by atoms with Crippen LogP contribution in [0.4, 0.5) is 0 Å². The number of halogens is 1. The molecule has 0 aliphatic carbocycles. The Bertz CT molecular complexity index is 947. The van der Waals surface area contributed by atoms with Crippen molar-refractivity contribution >= 4 is 22.9 Å². The minimum atomic E-state index is -0.241. The fourth-order valence-corrected chi connectivity index (χ4v) is 3.09. The Balaban J connectivity index is 2.17. The van der Waals surface area contributed by atoms with Gasteiger partial charge in [0, 0.05) is 21.7 Å². The SMILES string of the molecule is OCC#C/C(=C/CO)C1=CCN=C(c2ccccc2)c2cc(Cl)ccc21. The average molecular weight is 364 g/mol. The van der Waals surface area contributed by atoms with E-state index in [1.807, 2.05) is 54.6 Å². The Morgan fingerprint density at radius 1 is 1.12 bits per heavy atom. The first-order valence-corrected chi connectivity index (χ1v) is 8.64. The molecule has 2 N–H and O–H groups in total. The molecule has 1 aliphatic rings. The zero-order valence-corrected chi connectivity index (χ0v) is 14.9. The summed E-state index contributed by atoms with van der Waals surface area (Å²) in [5.74, 6) is 5.58. The van der Waals surface area contributed by atoms with E-state index in [0.717, 1.165) is 28.0 Å². The van der Waals surface area contributed by atoms with E-state index in [0.29, 0.717) is 17.1 Å². The van der Waals surface area contributed by atoms with Gasteiger partial charge in [0.05, 0.1) is 18.9 Å². The molecular formula is C22H18ClNO2. The highest BCUT2D eigenvalue weighted by Gasteiger charge is 2.19. The molecule has 0 fully saturated rings. The summed E-state index contributed by atoms with van der Waals surface area (Å²) in [6, 6.07) is 15.6. The number of benzene rings is 2. The summed E-state index contributed by atoms with van der Waals surface area (Å²) in [5.41, 5.74) is 5.28. The Hall–Kier alpha value is -2.64.